The zero-order valence-corrected chi connectivity index (χ0v) is 16.9. The third-order valence-corrected chi connectivity index (χ3v) is 5.70. The number of amides is 1. The van der Waals surface area contributed by atoms with Gasteiger partial charge in [0.05, 0.1) is 15.6 Å². The van der Waals surface area contributed by atoms with Gasteiger partial charge >= 0.3 is 0 Å². The predicted molar refractivity (Wildman–Crippen MR) is 113 cm³/mol. The van der Waals surface area contributed by atoms with Gasteiger partial charge in [0.25, 0.3) is 15.9 Å². The van der Waals surface area contributed by atoms with Crippen LogP contribution in [0.3, 0.4) is 0 Å². The highest BCUT2D eigenvalue weighted by Gasteiger charge is 2.17. The number of nitrogens with one attached hydrogen (secondary N) is 2. The van der Waals surface area contributed by atoms with Gasteiger partial charge in [0.2, 0.25) is 0 Å². The fourth-order valence-electron chi connectivity index (χ4n) is 2.80. The molecule has 0 radical (unpaired) electrons. The molecule has 144 valence electrons. The van der Waals surface area contributed by atoms with Gasteiger partial charge in [-0.25, -0.2) is 8.42 Å². The molecular weight excluding hydrogens is 396 g/mol. The Morgan fingerprint density at radius 3 is 2.25 bits per heavy atom. The zero-order chi connectivity index (χ0) is 20.3. The summed E-state index contributed by atoms with van der Waals surface area (Å²) in [6.07, 6.45) is 0. The van der Waals surface area contributed by atoms with Crippen LogP contribution >= 0.6 is 11.6 Å². The number of halogens is 1. The van der Waals surface area contributed by atoms with Gasteiger partial charge in [-0.15, -0.1) is 0 Å². The van der Waals surface area contributed by atoms with Crippen molar-refractivity contribution >= 4 is 38.9 Å². The Kier molecular flexibility index (Phi) is 5.72. The van der Waals surface area contributed by atoms with Gasteiger partial charge in [0.1, 0.15) is 0 Å². The molecule has 3 aromatic rings. The summed E-state index contributed by atoms with van der Waals surface area (Å²) >= 11 is 6.03. The molecule has 0 atom stereocenters. The summed E-state index contributed by atoms with van der Waals surface area (Å²) in [7, 11) is -3.86. The Bertz CT molecular complexity index is 1120. The first-order chi connectivity index (χ1) is 13.2. The topological polar surface area (TPSA) is 75.3 Å². The van der Waals surface area contributed by atoms with Crippen LogP contribution in [0, 0.1) is 13.8 Å². The molecule has 7 heteroatoms. The fourth-order valence-corrected chi connectivity index (χ4v) is 4.16. The lowest BCUT2D eigenvalue weighted by Crippen LogP contribution is -2.15. The Hall–Kier alpha value is -2.83. The van der Waals surface area contributed by atoms with Crippen LogP contribution in [-0.4, -0.2) is 14.3 Å². The average Bonchev–Trinajstić information content (AvgIpc) is 2.63. The van der Waals surface area contributed by atoms with E-state index in [1.54, 1.807) is 48.5 Å². The van der Waals surface area contributed by atoms with Gasteiger partial charge < -0.3 is 5.32 Å². The molecule has 0 aromatic heterocycles. The summed E-state index contributed by atoms with van der Waals surface area (Å²) in [6.45, 7) is 3.83. The van der Waals surface area contributed by atoms with Crippen molar-refractivity contribution in [1.82, 2.24) is 0 Å². The lowest BCUT2D eigenvalue weighted by molar-refractivity contribution is 0.102. The molecule has 0 aliphatic carbocycles. The molecule has 0 unspecified atom stereocenters. The van der Waals surface area contributed by atoms with E-state index in [2.05, 4.69) is 10.0 Å². The molecule has 2 N–H and O–H groups in total. The van der Waals surface area contributed by atoms with Crippen molar-refractivity contribution in [3.05, 3.63) is 88.4 Å². The summed E-state index contributed by atoms with van der Waals surface area (Å²) in [6, 6.07) is 18.2. The molecule has 0 spiro atoms. The first kappa shape index (κ1) is 19.9. The third kappa shape index (κ3) is 4.71. The molecule has 28 heavy (non-hydrogen) atoms. The summed E-state index contributed by atoms with van der Waals surface area (Å²) in [5, 5.41) is 3.04. The highest BCUT2D eigenvalue weighted by Crippen LogP contribution is 2.25. The molecule has 5 nitrogen and oxygen atoms in total. The van der Waals surface area contributed by atoms with E-state index >= 15 is 0 Å². The molecule has 0 heterocycles. The van der Waals surface area contributed by atoms with Crippen LogP contribution in [0.2, 0.25) is 5.02 Å². The second-order valence-electron chi connectivity index (χ2n) is 6.44. The minimum atomic E-state index is -3.86. The smallest absolute Gasteiger partial charge is 0.262 e. The number of rotatable bonds is 5. The Morgan fingerprint density at radius 2 is 1.57 bits per heavy atom. The summed E-state index contributed by atoms with van der Waals surface area (Å²) < 4.78 is 27.8. The van der Waals surface area contributed by atoms with Crippen LogP contribution in [0.25, 0.3) is 0 Å². The predicted octanol–water partition coefficient (Wildman–Crippen LogP) is 5.01. The lowest BCUT2D eigenvalue weighted by atomic mass is 10.1. The van der Waals surface area contributed by atoms with Gasteiger partial charge in [-0.2, -0.15) is 0 Å². The van der Waals surface area contributed by atoms with E-state index in [9.17, 15) is 13.2 Å². The molecule has 1 amide bonds. The van der Waals surface area contributed by atoms with E-state index in [4.69, 9.17) is 11.6 Å². The first-order valence-corrected chi connectivity index (χ1v) is 10.4. The van der Waals surface area contributed by atoms with Crippen LogP contribution < -0.4 is 10.0 Å². The number of hydrogen-bond acceptors (Lipinski definition) is 3. The van der Waals surface area contributed by atoms with E-state index in [1.165, 1.54) is 12.1 Å². The fraction of sp³-hybridized carbons (Fsp3) is 0.0952. The number of sulfonamides is 1. The van der Waals surface area contributed by atoms with Crippen LogP contribution in [0.15, 0.2) is 71.6 Å². The van der Waals surface area contributed by atoms with Crippen molar-refractivity contribution in [3.63, 3.8) is 0 Å². The van der Waals surface area contributed by atoms with E-state index < -0.39 is 10.0 Å². The Morgan fingerprint density at radius 1 is 0.893 bits per heavy atom. The Balaban J connectivity index is 1.83. The lowest BCUT2D eigenvalue weighted by Gasteiger charge is -2.11. The van der Waals surface area contributed by atoms with Crippen molar-refractivity contribution in [2.24, 2.45) is 0 Å². The number of benzene rings is 3. The molecule has 0 aliphatic heterocycles. The quantitative estimate of drug-likeness (QED) is 0.616. The van der Waals surface area contributed by atoms with Gasteiger partial charge in [0, 0.05) is 11.3 Å². The van der Waals surface area contributed by atoms with Crippen LogP contribution in [-0.2, 0) is 10.0 Å². The van der Waals surface area contributed by atoms with E-state index in [0.29, 0.717) is 16.3 Å². The number of aryl methyl sites for hydroxylation is 2. The largest absolute Gasteiger partial charge is 0.322 e. The van der Waals surface area contributed by atoms with Crippen molar-refractivity contribution in [3.8, 4) is 0 Å². The maximum Gasteiger partial charge on any atom is 0.262 e. The molecule has 0 saturated carbocycles. The number of carbonyl (C=O) groups is 1. The van der Waals surface area contributed by atoms with Crippen molar-refractivity contribution in [2.45, 2.75) is 18.7 Å². The standard InChI is InChI=1S/C21H19ClN2O3S/c1-14-10-15(2)12-16(11-14)21(25)23-17-6-5-7-18(13-17)28(26,27)24-20-9-4-3-8-19(20)22/h3-13,24H,1-2H3,(H,23,25). The summed E-state index contributed by atoms with van der Waals surface area (Å²) in [5.41, 5.74) is 3.14. The average molecular weight is 415 g/mol. The summed E-state index contributed by atoms with van der Waals surface area (Å²) in [4.78, 5) is 12.5. The monoisotopic (exact) mass is 414 g/mol. The molecule has 0 fully saturated rings. The van der Waals surface area contributed by atoms with E-state index in [-0.39, 0.29) is 16.5 Å². The van der Waals surface area contributed by atoms with E-state index in [0.717, 1.165) is 11.1 Å². The molecule has 0 saturated heterocycles. The highest BCUT2D eigenvalue weighted by atomic mass is 35.5. The van der Waals surface area contributed by atoms with E-state index in [1.807, 2.05) is 19.9 Å². The van der Waals surface area contributed by atoms with Gasteiger partial charge in [0.15, 0.2) is 0 Å². The first-order valence-electron chi connectivity index (χ1n) is 8.52. The second kappa shape index (κ2) is 8.04. The maximum atomic E-state index is 12.7. The van der Waals surface area contributed by atoms with Crippen molar-refractivity contribution < 1.29 is 13.2 Å². The van der Waals surface area contributed by atoms with Crippen LogP contribution in [0.1, 0.15) is 21.5 Å². The number of anilines is 2. The third-order valence-electron chi connectivity index (χ3n) is 4.00. The van der Waals surface area contributed by atoms with Crippen molar-refractivity contribution in [2.75, 3.05) is 10.0 Å². The van der Waals surface area contributed by atoms with Gasteiger partial charge in [-0.3, -0.25) is 9.52 Å². The minimum Gasteiger partial charge on any atom is -0.322 e. The Labute approximate surface area is 169 Å². The number of hydrogen-bond donors (Lipinski definition) is 2. The zero-order valence-electron chi connectivity index (χ0n) is 15.4. The van der Waals surface area contributed by atoms with Gasteiger partial charge in [-0.1, -0.05) is 47.0 Å². The van der Waals surface area contributed by atoms with Crippen LogP contribution in [0.5, 0.6) is 0 Å². The minimum absolute atomic E-state index is 0.0191. The molecular formula is C21H19ClN2O3S. The molecule has 3 aromatic carbocycles. The molecule has 0 aliphatic rings. The van der Waals surface area contributed by atoms with Crippen molar-refractivity contribution in [1.29, 1.82) is 0 Å². The van der Waals surface area contributed by atoms with Gasteiger partial charge in [-0.05, 0) is 56.3 Å². The van der Waals surface area contributed by atoms with Crippen LogP contribution in [0.4, 0.5) is 11.4 Å². The normalized spacial score (nSPS) is 11.1. The molecule has 3 rings (SSSR count). The highest BCUT2D eigenvalue weighted by molar-refractivity contribution is 7.92. The summed E-state index contributed by atoms with van der Waals surface area (Å²) in [5.74, 6) is -0.305. The number of para-hydroxylation sites is 1. The SMILES string of the molecule is Cc1cc(C)cc(C(=O)Nc2cccc(S(=O)(=O)Nc3ccccc3Cl)c2)c1. The second-order valence-corrected chi connectivity index (χ2v) is 8.53. The number of carbonyl (C=O) groups excluding carboxylic acids is 1. The maximum absolute atomic E-state index is 12.7. The molecule has 0 bridgehead atoms.